The summed E-state index contributed by atoms with van der Waals surface area (Å²) in [5.74, 6) is 0.936. The van der Waals surface area contributed by atoms with Crippen LogP contribution in [0.4, 0.5) is 0 Å². The normalized spacial score (nSPS) is 13.0. The molecule has 112 valence electrons. The standard InChI is InChI=1S/C19H25NO/c1-14-13-15(11-12-17(14)21-5)18(20-4)19(2,3)16-9-7-6-8-10-16/h6-13,18,20H,1-5H3. The van der Waals surface area contributed by atoms with Gasteiger partial charge in [-0.3, -0.25) is 0 Å². The summed E-state index contributed by atoms with van der Waals surface area (Å²) in [4.78, 5) is 0. The Kier molecular flexibility index (Phi) is 4.69. The molecule has 0 saturated carbocycles. The molecule has 2 aromatic rings. The van der Waals surface area contributed by atoms with Gasteiger partial charge in [0.15, 0.2) is 0 Å². The monoisotopic (exact) mass is 283 g/mol. The molecule has 0 aromatic heterocycles. The van der Waals surface area contributed by atoms with Crippen LogP contribution in [0.15, 0.2) is 48.5 Å². The van der Waals surface area contributed by atoms with E-state index < -0.39 is 0 Å². The Balaban J connectivity index is 2.41. The molecule has 21 heavy (non-hydrogen) atoms. The van der Waals surface area contributed by atoms with Crippen LogP contribution in [0, 0.1) is 6.92 Å². The molecule has 0 aliphatic rings. The van der Waals surface area contributed by atoms with E-state index in [-0.39, 0.29) is 11.5 Å². The minimum Gasteiger partial charge on any atom is -0.496 e. The van der Waals surface area contributed by atoms with Crippen LogP contribution in [0.3, 0.4) is 0 Å². The lowest BCUT2D eigenvalue weighted by Gasteiger charge is -2.35. The molecule has 2 rings (SSSR count). The number of rotatable bonds is 5. The Labute approximate surface area is 128 Å². The number of nitrogens with one attached hydrogen (secondary N) is 1. The number of aryl methyl sites for hydroxylation is 1. The average molecular weight is 283 g/mol. The maximum Gasteiger partial charge on any atom is 0.121 e. The number of likely N-dealkylation sites (N-methyl/N-ethyl adjacent to an activating group) is 1. The first-order chi connectivity index (χ1) is 10.0. The summed E-state index contributed by atoms with van der Waals surface area (Å²) < 4.78 is 5.36. The summed E-state index contributed by atoms with van der Waals surface area (Å²) in [6.07, 6.45) is 0. The molecule has 0 aliphatic carbocycles. The lowest BCUT2D eigenvalue weighted by Crippen LogP contribution is -2.35. The van der Waals surface area contributed by atoms with Gasteiger partial charge in [-0.1, -0.05) is 56.3 Å². The van der Waals surface area contributed by atoms with Crippen LogP contribution in [0.2, 0.25) is 0 Å². The molecule has 0 aliphatic heterocycles. The Hall–Kier alpha value is -1.80. The highest BCUT2D eigenvalue weighted by molar-refractivity contribution is 5.40. The molecule has 0 fully saturated rings. The fraction of sp³-hybridized carbons (Fsp3) is 0.368. The van der Waals surface area contributed by atoms with Crippen molar-refractivity contribution in [3.05, 3.63) is 65.2 Å². The summed E-state index contributed by atoms with van der Waals surface area (Å²) in [6, 6.07) is 17.3. The molecule has 2 aromatic carbocycles. The van der Waals surface area contributed by atoms with E-state index in [1.54, 1.807) is 7.11 Å². The largest absolute Gasteiger partial charge is 0.496 e. The molecule has 1 unspecified atom stereocenters. The molecular weight excluding hydrogens is 258 g/mol. The molecule has 2 heteroatoms. The SMILES string of the molecule is CNC(c1ccc(OC)c(C)c1)C(C)(C)c1ccccc1. The maximum absolute atomic E-state index is 5.36. The van der Waals surface area contributed by atoms with E-state index >= 15 is 0 Å². The molecule has 1 atom stereocenters. The van der Waals surface area contributed by atoms with Gasteiger partial charge in [0.2, 0.25) is 0 Å². The molecule has 0 saturated heterocycles. The van der Waals surface area contributed by atoms with Crippen molar-refractivity contribution in [1.29, 1.82) is 0 Å². The second-order valence-corrected chi connectivity index (χ2v) is 6.04. The summed E-state index contributed by atoms with van der Waals surface area (Å²) in [7, 11) is 3.74. The van der Waals surface area contributed by atoms with Crippen molar-refractivity contribution in [3.8, 4) is 5.75 Å². The first-order valence-electron chi connectivity index (χ1n) is 7.38. The van der Waals surface area contributed by atoms with Gasteiger partial charge in [-0.05, 0) is 36.7 Å². The van der Waals surface area contributed by atoms with Gasteiger partial charge >= 0.3 is 0 Å². The van der Waals surface area contributed by atoms with Crippen LogP contribution in [0.1, 0.15) is 36.6 Å². The van der Waals surface area contributed by atoms with Crippen LogP contribution in [0.5, 0.6) is 5.75 Å². The van der Waals surface area contributed by atoms with E-state index in [4.69, 9.17) is 4.74 Å². The number of ether oxygens (including phenoxy) is 1. The Morgan fingerprint density at radius 1 is 1.05 bits per heavy atom. The molecule has 0 spiro atoms. The van der Waals surface area contributed by atoms with E-state index in [9.17, 15) is 0 Å². The number of hydrogen-bond acceptors (Lipinski definition) is 2. The molecule has 0 radical (unpaired) electrons. The first-order valence-corrected chi connectivity index (χ1v) is 7.38. The van der Waals surface area contributed by atoms with Crippen molar-refractivity contribution >= 4 is 0 Å². The zero-order valence-electron chi connectivity index (χ0n) is 13.6. The Bertz CT molecular complexity index is 590. The average Bonchev–Trinajstić information content (AvgIpc) is 2.49. The summed E-state index contributed by atoms with van der Waals surface area (Å²) in [5, 5.41) is 3.48. The van der Waals surface area contributed by atoms with Gasteiger partial charge in [0.25, 0.3) is 0 Å². The third-order valence-electron chi connectivity index (χ3n) is 4.28. The molecule has 2 nitrogen and oxygen atoms in total. The Morgan fingerprint density at radius 3 is 2.24 bits per heavy atom. The minimum atomic E-state index is -0.00294. The van der Waals surface area contributed by atoms with Crippen molar-refractivity contribution in [1.82, 2.24) is 5.32 Å². The van der Waals surface area contributed by atoms with Gasteiger partial charge in [0.05, 0.1) is 7.11 Å². The predicted octanol–water partition coefficient (Wildman–Crippen LogP) is 4.24. The van der Waals surface area contributed by atoms with E-state index in [1.165, 1.54) is 16.7 Å². The molecule has 0 amide bonds. The fourth-order valence-electron chi connectivity index (χ4n) is 3.06. The molecule has 0 heterocycles. The quantitative estimate of drug-likeness (QED) is 0.886. The Morgan fingerprint density at radius 2 is 1.71 bits per heavy atom. The van der Waals surface area contributed by atoms with E-state index in [2.05, 4.69) is 74.6 Å². The van der Waals surface area contributed by atoms with Crippen LogP contribution in [-0.4, -0.2) is 14.2 Å². The number of benzene rings is 2. The third kappa shape index (κ3) is 3.11. The second kappa shape index (κ2) is 6.31. The van der Waals surface area contributed by atoms with Gasteiger partial charge < -0.3 is 10.1 Å². The van der Waals surface area contributed by atoms with Crippen molar-refractivity contribution in [3.63, 3.8) is 0 Å². The zero-order chi connectivity index (χ0) is 15.5. The molecular formula is C19H25NO. The maximum atomic E-state index is 5.36. The highest BCUT2D eigenvalue weighted by atomic mass is 16.5. The summed E-state index contributed by atoms with van der Waals surface area (Å²) >= 11 is 0. The lowest BCUT2D eigenvalue weighted by molar-refractivity contribution is 0.367. The van der Waals surface area contributed by atoms with Crippen molar-refractivity contribution in [2.45, 2.75) is 32.2 Å². The van der Waals surface area contributed by atoms with Gasteiger partial charge in [0, 0.05) is 11.5 Å². The van der Waals surface area contributed by atoms with Crippen molar-refractivity contribution < 1.29 is 4.74 Å². The van der Waals surface area contributed by atoms with Gasteiger partial charge in [-0.25, -0.2) is 0 Å². The van der Waals surface area contributed by atoms with Crippen LogP contribution in [-0.2, 0) is 5.41 Å². The van der Waals surface area contributed by atoms with Crippen molar-refractivity contribution in [2.75, 3.05) is 14.2 Å². The van der Waals surface area contributed by atoms with E-state index in [0.29, 0.717) is 0 Å². The van der Waals surface area contributed by atoms with Crippen LogP contribution >= 0.6 is 0 Å². The summed E-state index contributed by atoms with van der Waals surface area (Å²) in [5.41, 5.74) is 3.78. The van der Waals surface area contributed by atoms with Crippen molar-refractivity contribution in [2.24, 2.45) is 0 Å². The third-order valence-corrected chi connectivity index (χ3v) is 4.28. The lowest BCUT2D eigenvalue weighted by atomic mass is 9.75. The predicted molar refractivity (Wildman–Crippen MR) is 89.0 cm³/mol. The molecule has 1 N–H and O–H groups in total. The summed E-state index contributed by atoms with van der Waals surface area (Å²) in [6.45, 7) is 6.65. The zero-order valence-corrected chi connectivity index (χ0v) is 13.6. The van der Waals surface area contributed by atoms with Gasteiger partial charge in [-0.15, -0.1) is 0 Å². The first kappa shape index (κ1) is 15.6. The highest BCUT2D eigenvalue weighted by Crippen LogP contribution is 2.37. The van der Waals surface area contributed by atoms with E-state index in [0.717, 1.165) is 5.75 Å². The topological polar surface area (TPSA) is 21.3 Å². The smallest absolute Gasteiger partial charge is 0.121 e. The fourth-order valence-corrected chi connectivity index (χ4v) is 3.06. The second-order valence-electron chi connectivity index (χ2n) is 6.04. The van der Waals surface area contributed by atoms with Crippen LogP contribution < -0.4 is 10.1 Å². The highest BCUT2D eigenvalue weighted by Gasteiger charge is 2.31. The van der Waals surface area contributed by atoms with Crippen LogP contribution in [0.25, 0.3) is 0 Å². The molecule has 0 bridgehead atoms. The number of hydrogen-bond donors (Lipinski definition) is 1. The minimum absolute atomic E-state index is 0.00294. The van der Waals surface area contributed by atoms with Gasteiger partial charge in [-0.2, -0.15) is 0 Å². The van der Waals surface area contributed by atoms with Gasteiger partial charge in [0.1, 0.15) is 5.75 Å². The number of methoxy groups -OCH3 is 1. The van der Waals surface area contributed by atoms with E-state index in [1.807, 2.05) is 7.05 Å².